The highest BCUT2D eigenvalue weighted by Crippen LogP contribution is 2.02. The quantitative estimate of drug-likeness (QED) is 0.642. The summed E-state index contributed by atoms with van der Waals surface area (Å²) in [6.07, 6.45) is 1.04. The van der Waals surface area contributed by atoms with Crippen LogP contribution in [-0.4, -0.2) is 55.0 Å². The summed E-state index contributed by atoms with van der Waals surface area (Å²) in [7, 11) is 0. The molecule has 4 nitrogen and oxygen atoms in total. The molecule has 0 spiro atoms. The highest BCUT2D eigenvalue weighted by Gasteiger charge is 2.21. The Hall–Kier alpha value is -0.610. The first kappa shape index (κ1) is 10.5. The number of rotatable bonds is 4. The molecule has 76 valence electrons. The van der Waals surface area contributed by atoms with E-state index in [0.29, 0.717) is 13.1 Å². The number of hydrogen-bond acceptors (Lipinski definition) is 3. The van der Waals surface area contributed by atoms with Crippen LogP contribution < -0.4 is 5.73 Å². The highest BCUT2D eigenvalue weighted by molar-refractivity contribution is 5.78. The maximum atomic E-state index is 11.5. The van der Waals surface area contributed by atoms with E-state index in [1.807, 2.05) is 4.90 Å². The molecule has 13 heavy (non-hydrogen) atoms. The van der Waals surface area contributed by atoms with E-state index < -0.39 is 0 Å². The van der Waals surface area contributed by atoms with E-state index in [9.17, 15) is 4.79 Å². The predicted octanol–water partition coefficient (Wildman–Crippen LogP) is -0.501. The average Bonchev–Trinajstić information content (AvgIpc) is 2.10. The molecule has 1 aliphatic heterocycles. The van der Waals surface area contributed by atoms with Crippen LogP contribution in [0.15, 0.2) is 0 Å². The van der Waals surface area contributed by atoms with Gasteiger partial charge in [0.1, 0.15) is 0 Å². The van der Waals surface area contributed by atoms with Crippen LogP contribution in [0.2, 0.25) is 0 Å². The van der Waals surface area contributed by atoms with Crippen molar-refractivity contribution in [1.82, 2.24) is 9.80 Å². The third kappa shape index (κ3) is 2.97. The molecule has 0 aromatic heterocycles. The first-order chi connectivity index (χ1) is 6.27. The summed E-state index contributed by atoms with van der Waals surface area (Å²) < 4.78 is 0. The van der Waals surface area contributed by atoms with Gasteiger partial charge in [0.25, 0.3) is 0 Å². The second-order valence-electron chi connectivity index (χ2n) is 3.45. The minimum absolute atomic E-state index is 0.251. The number of nitrogens with two attached hydrogens (primary N) is 1. The molecule has 0 aliphatic carbocycles. The Kier molecular flexibility index (Phi) is 4.18. The fraction of sp³-hybridized carbons (Fsp3) is 0.889. The molecule has 0 aromatic rings. The normalized spacial score (nSPS) is 19.5. The second-order valence-corrected chi connectivity index (χ2v) is 3.45. The summed E-state index contributed by atoms with van der Waals surface area (Å²) in [5.41, 5.74) is 5.43. The van der Waals surface area contributed by atoms with E-state index in [-0.39, 0.29) is 5.91 Å². The summed E-state index contributed by atoms with van der Waals surface area (Å²) in [6.45, 7) is 6.87. The van der Waals surface area contributed by atoms with Crippen molar-refractivity contribution in [2.75, 3.05) is 39.3 Å². The fourth-order valence-corrected chi connectivity index (χ4v) is 1.64. The summed E-state index contributed by atoms with van der Waals surface area (Å²) in [6, 6.07) is 0. The lowest BCUT2D eigenvalue weighted by Crippen LogP contribution is -2.51. The van der Waals surface area contributed by atoms with Gasteiger partial charge in [0, 0.05) is 32.7 Å². The summed E-state index contributed by atoms with van der Waals surface area (Å²) in [5, 5.41) is 0. The lowest BCUT2D eigenvalue weighted by molar-refractivity contribution is -0.135. The van der Waals surface area contributed by atoms with Gasteiger partial charge in [0.05, 0.1) is 6.54 Å². The van der Waals surface area contributed by atoms with E-state index in [4.69, 9.17) is 5.73 Å². The molecule has 0 radical (unpaired) electrons. The minimum atomic E-state index is 0.251. The monoisotopic (exact) mass is 185 g/mol. The molecular weight excluding hydrogens is 166 g/mol. The van der Waals surface area contributed by atoms with Crippen LogP contribution in [0.5, 0.6) is 0 Å². The van der Waals surface area contributed by atoms with E-state index in [1.54, 1.807) is 0 Å². The van der Waals surface area contributed by atoms with Crippen LogP contribution in [-0.2, 0) is 4.79 Å². The predicted molar refractivity (Wildman–Crippen MR) is 52.4 cm³/mol. The number of carbonyl (C=O) groups excluding carboxylic acids is 1. The Balaban J connectivity index is 2.33. The Morgan fingerprint density at radius 3 is 2.69 bits per heavy atom. The number of carbonyl (C=O) groups is 1. The van der Waals surface area contributed by atoms with Gasteiger partial charge >= 0.3 is 0 Å². The van der Waals surface area contributed by atoms with Gasteiger partial charge in [-0.2, -0.15) is 0 Å². The van der Waals surface area contributed by atoms with E-state index in [0.717, 1.165) is 32.6 Å². The highest BCUT2D eigenvalue weighted by atomic mass is 16.2. The minimum Gasteiger partial charge on any atom is -0.340 e. The van der Waals surface area contributed by atoms with Gasteiger partial charge in [-0.1, -0.05) is 6.92 Å². The molecule has 1 heterocycles. The zero-order chi connectivity index (χ0) is 9.68. The van der Waals surface area contributed by atoms with Crippen LogP contribution in [0.1, 0.15) is 13.3 Å². The molecule has 1 amide bonds. The molecule has 1 aliphatic rings. The molecule has 0 saturated carbocycles. The second kappa shape index (κ2) is 5.19. The van der Waals surface area contributed by atoms with Crippen molar-refractivity contribution in [1.29, 1.82) is 0 Å². The van der Waals surface area contributed by atoms with Gasteiger partial charge in [-0.15, -0.1) is 0 Å². The van der Waals surface area contributed by atoms with Crippen molar-refractivity contribution < 1.29 is 4.79 Å². The van der Waals surface area contributed by atoms with Crippen LogP contribution >= 0.6 is 0 Å². The molecule has 0 atom stereocenters. The van der Waals surface area contributed by atoms with Crippen molar-refractivity contribution in [2.24, 2.45) is 5.73 Å². The van der Waals surface area contributed by atoms with Gasteiger partial charge in [0.2, 0.25) is 5.91 Å². The fourth-order valence-electron chi connectivity index (χ4n) is 1.64. The zero-order valence-electron chi connectivity index (χ0n) is 8.33. The lowest BCUT2D eigenvalue weighted by Gasteiger charge is -2.33. The SMILES string of the molecule is CCCN1CCN(CCN)CC1=O. The van der Waals surface area contributed by atoms with Crippen LogP contribution in [0.3, 0.4) is 0 Å². The molecular formula is C9H19N3O. The van der Waals surface area contributed by atoms with Crippen LogP contribution in [0.25, 0.3) is 0 Å². The van der Waals surface area contributed by atoms with E-state index in [1.165, 1.54) is 0 Å². The maximum Gasteiger partial charge on any atom is 0.236 e. The molecule has 2 N–H and O–H groups in total. The number of nitrogens with zero attached hydrogens (tertiary/aromatic N) is 2. The molecule has 4 heteroatoms. The van der Waals surface area contributed by atoms with Crippen LogP contribution in [0.4, 0.5) is 0 Å². The average molecular weight is 185 g/mol. The topological polar surface area (TPSA) is 49.6 Å². The lowest BCUT2D eigenvalue weighted by atomic mass is 10.3. The molecule has 1 fully saturated rings. The van der Waals surface area contributed by atoms with Crippen molar-refractivity contribution in [3.05, 3.63) is 0 Å². The smallest absolute Gasteiger partial charge is 0.236 e. The Labute approximate surface area is 79.7 Å². The summed E-state index contributed by atoms with van der Waals surface area (Å²) in [5.74, 6) is 0.251. The number of amides is 1. The first-order valence-corrected chi connectivity index (χ1v) is 4.98. The standard InChI is InChI=1S/C9H19N3O/c1-2-4-12-7-6-11(5-3-10)8-9(12)13/h2-8,10H2,1H3. The van der Waals surface area contributed by atoms with Gasteiger partial charge in [-0.05, 0) is 6.42 Å². The Morgan fingerprint density at radius 1 is 1.38 bits per heavy atom. The number of piperazine rings is 1. The van der Waals surface area contributed by atoms with Crippen molar-refractivity contribution in [3.8, 4) is 0 Å². The molecule has 0 bridgehead atoms. The van der Waals surface area contributed by atoms with Gasteiger partial charge in [-0.3, -0.25) is 9.69 Å². The summed E-state index contributed by atoms with van der Waals surface area (Å²) in [4.78, 5) is 15.6. The Bertz CT molecular complexity index is 172. The van der Waals surface area contributed by atoms with Crippen LogP contribution in [0, 0.1) is 0 Å². The van der Waals surface area contributed by atoms with Crippen molar-refractivity contribution in [2.45, 2.75) is 13.3 Å². The third-order valence-corrected chi connectivity index (χ3v) is 2.34. The molecule has 1 saturated heterocycles. The first-order valence-electron chi connectivity index (χ1n) is 4.98. The van der Waals surface area contributed by atoms with Gasteiger partial charge in [0.15, 0.2) is 0 Å². The molecule has 0 aromatic carbocycles. The van der Waals surface area contributed by atoms with Crippen molar-refractivity contribution >= 4 is 5.91 Å². The Morgan fingerprint density at radius 2 is 2.15 bits per heavy atom. The number of hydrogen-bond donors (Lipinski definition) is 1. The van der Waals surface area contributed by atoms with E-state index >= 15 is 0 Å². The van der Waals surface area contributed by atoms with Gasteiger partial charge in [-0.25, -0.2) is 0 Å². The largest absolute Gasteiger partial charge is 0.340 e. The zero-order valence-corrected chi connectivity index (χ0v) is 8.33. The third-order valence-electron chi connectivity index (χ3n) is 2.34. The molecule has 1 rings (SSSR count). The van der Waals surface area contributed by atoms with E-state index in [2.05, 4.69) is 11.8 Å². The van der Waals surface area contributed by atoms with Crippen molar-refractivity contribution in [3.63, 3.8) is 0 Å². The molecule has 0 unspecified atom stereocenters. The summed E-state index contributed by atoms with van der Waals surface area (Å²) >= 11 is 0. The van der Waals surface area contributed by atoms with Gasteiger partial charge < -0.3 is 10.6 Å². The maximum absolute atomic E-state index is 11.5.